The molecule has 3 N–H and O–H groups in total. The zero-order chi connectivity index (χ0) is 14.5. The van der Waals surface area contributed by atoms with Crippen molar-refractivity contribution >= 4 is 11.5 Å². The number of anilines is 1. The van der Waals surface area contributed by atoms with Crippen molar-refractivity contribution in [2.24, 2.45) is 10.9 Å². The SMILES string of the molecule is CCN1CCCC1CN(C)c1cccnc1/C(N)=N/O. The summed E-state index contributed by atoms with van der Waals surface area (Å²) >= 11 is 0. The molecule has 1 aliphatic rings. The van der Waals surface area contributed by atoms with E-state index in [4.69, 9.17) is 10.9 Å². The van der Waals surface area contributed by atoms with E-state index in [9.17, 15) is 0 Å². The second-order valence-electron chi connectivity index (χ2n) is 5.16. The number of rotatable bonds is 5. The van der Waals surface area contributed by atoms with E-state index in [-0.39, 0.29) is 5.84 Å². The molecular formula is C14H23N5O. The molecule has 0 bridgehead atoms. The normalized spacial score (nSPS) is 20.3. The van der Waals surface area contributed by atoms with Gasteiger partial charge >= 0.3 is 0 Å². The highest BCUT2D eigenvalue weighted by atomic mass is 16.4. The Morgan fingerprint density at radius 3 is 3.15 bits per heavy atom. The fraction of sp³-hybridized carbons (Fsp3) is 0.571. The Bertz CT molecular complexity index is 476. The lowest BCUT2D eigenvalue weighted by Crippen LogP contribution is -2.39. The molecule has 1 aliphatic heterocycles. The van der Waals surface area contributed by atoms with E-state index in [2.05, 4.69) is 26.9 Å². The Morgan fingerprint density at radius 1 is 1.65 bits per heavy atom. The van der Waals surface area contributed by atoms with Crippen molar-refractivity contribution in [1.82, 2.24) is 9.88 Å². The van der Waals surface area contributed by atoms with Gasteiger partial charge in [-0.1, -0.05) is 12.1 Å². The lowest BCUT2D eigenvalue weighted by molar-refractivity contribution is 0.270. The molecule has 1 aromatic heterocycles. The third-order valence-corrected chi connectivity index (χ3v) is 3.94. The number of aromatic nitrogens is 1. The summed E-state index contributed by atoms with van der Waals surface area (Å²) in [6, 6.07) is 4.38. The number of hydrogen-bond donors (Lipinski definition) is 2. The zero-order valence-corrected chi connectivity index (χ0v) is 12.2. The van der Waals surface area contributed by atoms with Crippen LogP contribution in [0.1, 0.15) is 25.5 Å². The lowest BCUT2D eigenvalue weighted by Gasteiger charge is -2.29. The molecule has 1 unspecified atom stereocenters. The van der Waals surface area contributed by atoms with E-state index in [1.54, 1.807) is 6.20 Å². The smallest absolute Gasteiger partial charge is 0.190 e. The largest absolute Gasteiger partial charge is 0.409 e. The summed E-state index contributed by atoms with van der Waals surface area (Å²) in [5.74, 6) is 0.0474. The van der Waals surface area contributed by atoms with Gasteiger partial charge in [-0.05, 0) is 38.1 Å². The summed E-state index contributed by atoms with van der Waals surface area (Å²) < 4.78 is 0. The van der Waals surface area contributed by atoms with Crippen molar-refractivity contribution in [3.8, 4) is 0 Å². The molecule has 1 aromatic rings. The molecule has 0 saturated carbocycles. The molecule has 20 heavy (non-hydrogen) atoms. The molecule has 110 valence electrons. The van der Waals surface area contributed by atoms with Gasteiger partial charge in [0.2, 0.25) is 0 Å². The first-order valence-electron chi connectivity index (χ1n) is 7.05. The van der Waals surface area contributed by atoms with Gasteiger partial charge in [0.15, 0.2) is 5.84 Å². The van der Waals surface area contributed by atoms with Gasteiger partial charge in [-0.3, -0.25) is 9.88 Å². The minimum atomic E-state index is 0.0474. The number of oxime groups is 1. The maximum absolute atomic E-state index is 8.85. The van der Waals surface area contributed by atoms with E-state index in [0.717, 1.165) is 18.8 Å². The van der Waals surface area contributed by atoms with Gasteiger partial charge in [0.1, 0.15) is 5.69 Å². The Hall–Kier alpha value is -1.82. The van der Waals surface area contributed by atoms with Crippen LogP contribution in [-0.4, -0.2) is 53.7 Å². The first kappa shape index (κ1) is 14.6. The minimum absolute atomic E-state index is 0.0474. The zero-order valence-electron chi connectivity index (χ0n) is 12.2. The first-order chi connectivity index (χ1) is 9.67. The van der Waals surface area contributed by atoms with Crippen LogP contribution in [0.15, 0.2) is 23.5 Å². The van der Waals surface area contributed by atoms with Crippen LogP contribution in [0, 0.1) is 0 Å². The predicted molar refractivity (Wildman–Crippen MR) is 80.3 cm³/mol. The number of nitrogens with zero attached hydrogens (tertiary/aromatic N) is 4. The van der Waals surface area contributed by atoms with Gasteiger partial charge in [-0.15, -0.1) is 0 Å². The van der Waals surface area contributed by atoms with Crippen molar-refractivity contribution in [3.63, 3.8) is 0 Å². The third-order valence-electron chi connectivity index (χ3n) is 3.94. The summed E-state index contributed by atoms with van der Waals surface area (Å²) in [5.41, 5.74) is 7.12. The highest BCUT2D eigenvalue weighted by molar-refractivity contribution is 6.00. The first-order valence-corrected chi connectivity index (χ1v) is 7.05. The summed E-state index contributed by atoms with van der Waals surface area (Å²) in [6.07, 6.45) is 4.13. The number of nitrogens with two attached hydrogens (primary N) is 1. The number of hydrogen-bond acceptors (Lipinski definition) is 5. The molecule has 1 fully saturated rings. The summed E-state index contributed by atoms with van der Waals surface area (Å²) in [4.78, 5) is 8.85. The Labute approximate surface area is 119 Å². The number of likely N-dealkylation sites (N-methyl/N-ethyl adjacent to an activating group) is 2. The maximum atomic E-state index is 8.85. The molecule has 0 amide bonds. The lowest BCUT2D eigenvalue weighted by atomic mass is 10.2. The van der Waals surface area contributed by atoms with Crippen LogP contribution in [0.5, 0.6) is 0 Å². The quantitative estimate of drug-likeness (QED) is 0.365. The van der Waals surface area contributed by atoms with Crippen LogP contribution in [0.4, 0.5) is 5.69 Å². The van der Waals surface area contributed by atoms with Crippen LogP contribution in [0.2, 0.25) is 0 Å². The maximum Gasteiger partial charge on any atom is 0.190 e. The molecule has 1 atom stereocenters. The van der Waals surface area contributed by atoms with Gasteiger partial charge in [-0.25, -0.2) is 0 Å². The van der Waals surface area contributed by atoms with Gasteiger partial charge in [-0.2, -0.15) is 0 Å². The van der Waals surface area contributed by atoms with Gasteiger partial charge in [0.25, 0.3) is 0 Å². The van der Waals surface area contributed by atoms with Gasteiger partial charge < -0.3 is 15.8 Å². The van der Waals surface area contributed by atoms with Crippen LogP contribution < -0.4 is 10.6 Å². The Morgan fingerprint density at radius 2 is 2.45 bits per heavy atom. The third kappa shape index (κ3) is 3.01. The van der Waals surface area contributed by atoms with E-state index in [0.29, 0.717) is 11.7 Å². The average Bonchev–Trinajstić information content (AvgIpc) is 2.93. The Balaban J connectivity index is 2.15. The highest BCUT2D eigenvalue weighted by Gasteiger charge is 2.25. The standard InChI is InChI=1S/C14H23N5O/c1-3-19-9-5-6-11(19)10-18(2)12-7-4-8-16-13(12)14(15)17-20/h4,7-8,11,20H,3,5-6,9-10H2,1-2H3,(H2,15,17). The van der Waals surface area contributed by atoms with Crippen LogP contribution in [-0.2, 0) is 0 Å². The summed E-state index contributed by atoms with van der Waals surface area (Å²) in [6.45, 7) is 5.38. The van der Waals surface area contributed by atoms with E-state index in [1.165, 1.54) is 19.4 Å². The molecule has 2 rings (SSSR count). The molecule has 1 saturated heterocycles. The highest BCUT2D eigenvalue weighted by Crippen LogP contribution is 2.22. The van der Waals surface area contributed by atoms with Gasteiger partial charge in [0.05, 0.1) is 5.69 Å². The molecule has 6 nitrogen and oxygen atoms in total. The Kier molecular flexibility index (Phi) is 4.79. The van der Waals surface area contributed by atoms with Crippen molar-refractivity contribution < 1.29 is 5.21 Å². The van der Waals surface area contributed by atoms with Crippen LogP contribution >= 0.6 is 0 Å². The van der Waals surface area contributed by atoms with Crippen molar-refractivity contribution in [3.05, 3.63) is 24.0 Å². The van der Waals surface area contributed by atoms with Crippen molar-refractivity contribution in [1.29, 1.82) is 0 Å². The molecule has 0 aliphatic carbocycles. The van der Waals surface area contributed by atoms with E-state index in [1.807, 2.05) is 19.2 Å². The molecule has 0 radical (unpaired) electrons. The molecule has 2 heterocycles. The monoisotopic (exact) mass is 277 g/mol. The average molecular weight is 277 g/mol. The molecular weight excluding hydrogens is 254 g/mol. The number of amidine groups is 1. The van der Waals surface area contributed by atoms with Crippen LogP contribution in [0.3, 0.4) is 0 Å². The number of likely N-dealkylation sites (tertiary alicyclic amines) is 1. The topological polar surface area (TPSA) is 78.0 Å². The second-order valence-corrected chi connectivity index (χ2v) is 5.16. The fourth-order valence-corrected chi connectivity index (χ4v) is 2.88. The van der Waals surface area contributed by atoms with E-state index < -0.39 is 0 Å². The summed E-state index contributed by atoms with van der Waals surface area (Å²) in [5, 5.41) is 11.9. The van der Waals surface area contributed by atoms with E-state index >= 15 is 0 Å². The second kappa shape index (κ2) is 6.56. The van der Waals surface area contributed by atoms with Gasteiger partial charge in [0, 0.05) is 25.8 Å². The van der Waals surface area contributed by atoms with Crippen molar-refractivity contribution in [2.75, 3.05) is 31.6 Å². The molecule has 6 heteroatoms. The summed E-state index contributed by atoms with van der Waals surface area (Å²) in [7, 11) is 2.03. The molecule has 0 spiro atoms. The molecule has 0 aromatic carbocycles. The minimum Gasteiger partial charge on any atom is -0.409 e. The fourth-order valence-electron chi connectivity index (χ4n) is 2.88. The van der Waals surface area contributed by atoms with Crippen molar-refractivity contribution in [2.45, 2.75) is 25.8 Å². The predicted octanol–water partition coefficient (Wildman–Crippen LogP) is 1.10. The van der Waals surface area contributed by atoms with Crippen LogP contribution in [0.25, 0.3) is 0 Å². The number of pyridine rings is 1.